The smallest absolute Gasteiger partial charge is 0.325 e. The van der Waals surface area contributed by atoms with Crippen LogP contribution in [0.4, 0.5) is 0 Å². The van der Waals surface area contributed by atoms with Gasteiger partial charge in [-0.05, 0) is 37.5 Å². The van der Waals surface area contributed by atoms with Crippen LogP contribution in [-0.4, -0.2) is 40.6 Å². The van der Waals surface area contributed by atoms with Gasteiger partial charge in [-0.3, -0.25) is 9.69 Å². The third-order valence-corrected chi connectivity index (χ3v) is 4.61. The summed E-state index contributed by atoms with van der Waals surface area (Å²) in [7, 11) is 0. The zero-order chi connectivity index (χ0) is 12.6. The van der Waals surface area contributed by atoms with Crippen molar-refractivity contribution in [3.05, 3.63) is 0 Å². The summed E-state index contributed by atoms with van der Waals surface area (Å²) in [6.07, 6.45) is 4.29. The molecule has 2 fully saturated rings. The van der Waals surface area contributed by atoms with Crippen LogP contribution in [0, 0.1) is 11.8 Å². The van der Waals surface area contributed by atoms with Gasteiger partial charge in [0.05, 0.1) is 0 Å². The summed E-state index contributed by atoms with van der Waals surface area (Å²) in [6, 6.07) is 0.538. The summed E-state index contributed by atoms with van der Waals surface area (Å²) in [5.41, 5.74) is 4.92. The first-order valence-electron chi connectivity index (χ1n) is 6.69. The van der Waals surface area contributed by atoms with Gasteiger partial charge in [0.15, 0.2) is 0 Å². The van der Waals surface area contributed by atoms with E-state index in [4.69, 9.17) is 10.8 Å². The maximum atomic E-state index is 11.1. The Morgan fingerprint density at radius 2 is 2.12 bits per heavy atom. The highest BCUT2D eigenvalue weighted by Gasteiger charge is 2.44. The molecule has 0 aromatic rings. The molecule has 17 heavy (non-hydrogen) atoms. The second-order valence-electron chi connectivity index (χ2n) is 6.14. The van der Waals surface area contributed by atoms with Crippen LogP contribution in [0.2, 0.25) is 0 Å². The molecule has 0 bridgehead atoms. The largest absolute Gasteiger partial charge is 0.480 e. The molecular formula is C13H24N2O2. The highest BCUT2D eigenvalue weighted by atomic mass is 16.4. The van der Waals surface area contributed by atoms with Gasteiger partial charge in [-0.1, -0.05) is 13.8 Å². The summed E-state index contributed by atoms with van der Waals surface area (Å²) < 4.78 is 0. The predicted molar refractivity (Wildman–Crippen MR) is 66.7 cm³/mol. The predicted octanol–water partition coefficient (Wildman–Crippen LogP) is 1.30. The third kappa shape index (κ3) is 2.47. The lowest BCUT2D eigenvalue weighted by Gasteiger charge is -2.39. The summed E-state index contributed by atoms with van der Waals surface area (Å²) in [5.74, 6) is 0.623. The molecule has 0 spiro atoms. The highest BCUT2D eigenvalue weighted by molar-refractivity contribution is 5.79. The minimum atomic E-state index is -1.01. The minimum absolute atomic E-state index is 0.520. The fourth-order valence-corrected chi connectivity index (χ4v) is 3.51. The first-order valence-corrected chi connectivity index (χ1v) is 6.69. The molecule has 4 unspecified atom stereocenters. The van der Waals surface area contributed by atoms with Crippen LogP contribution in [0.3, 0.4) is 0 Å². The maximum absolute atomic E-state index is 11.1. The van der Waals surface area contributed by atoms with Gasteiger partial charge in [-0.2, -0.15) is 0 Å². The Morgan fingerprint density at radius 3 is 2.65 bits per heavy atom. The highest BCUT2D eigenvalue weighted by Crippen LogP contribution is 2.34. The van der Waals surface area contributed by atoms with Crippen molar-refractivity contribution in [3.8, 4) is 0 Å². The maximum Gasteiger partial charge on any atom is 0.325 e. The Bertz CT molecular complexity index is 308. The van der Waals surface area contributed by atoms with E-state index in [0.29, 0.717) is 24.9 Å². The molecule has 0 amide bonds. The zero-order valence-corrected chi connectivity index (χ0v) is 10.9. The van der Waals surface area contributed by atoms with Crippen molar-refractivity contribution in [3.63, 3.8) is 0 Å². The molecule has 2 rings (SSSR count). The van der Waals surface area contributed by atoms with Gasteiger partial charge in [-0.25, -0.2) is 0 Å². The zero-order valence-electron chi connectivity index (χ0n) is 10.9. The van der Waals surface area contributed by atoms with Crippen molar-refractivity contribution in [2.45, 2.75) is 51.1 Å². The molecule has 1 heterocycles. The number of nitrogens with two attached hydrogens (primary N) is 1. The number of carboxylic acid groups (broad SMARTS) is 1. The quantitative estimate of drug-likeness (QED) is 0.763. The van der Waals surface area contributed by atoms with Crippen LogP contribution in [0.5, 0.6) is 0 Å². The van der Waals surface area contributed by atoms with Crippen LogP contribution in [0.25, 0.3) is 0 Å². The molecule has 1 aliphatic carbocycles. The minimum Gasteiger partial charge on any atom is -0.480 e. The van der Waals surface area contributed by atoms with Crippen LogP contribution in [-0.2, 0) is 4.79 Å². The van der Waals surface area contributed by atoms with Crippen molar-refractivity contribution in [1.29, 1.82) is 0 Å². The molecule has 4 heteroatoms. The average molecular weight is 240 g/mol. The Balaban J connectivity index is 1.99. The first-order chi connectivity index (χ1) is 7.92. The topological polar surface area (TPSA) is 66.6 Å². The summed E-state index contributed by atoms with van der Waals surface area (Å²) in [4.78, 5) is 13.4. The van der Waals surface area contributed by atoms with Gasteiger partial charge in [0.2, 0.25) is 0 Å². The van der Waals surface area contributed by atoms with Gasteiger partial charge in [0.1, 0.15) is 5.54 Å². The van der Waals surface area contributed by atoms with Gasteiger partial charge in [0.25, 0.3) is 0 Å². The summed E-state index contributed by atoms with van der Waals surface area (Å²) in [5, 5.41) is 9.14. The number of carbonyl (C=O) groups is 1. The van der Waals surface area contributed by atoms with Gasteiger partial charge in [-0.15, -0.1) is 0 Å². The van der Waals surface area contributed by atoms with Gasteiger partial charge in [0, 0.05) is 19.1 Å². The SMILES string of the molecule is CC1CCC(N2CCC(N)(C(=O)O)C2)C(C)C1. The average Bonchev–Trinajstić information content (AvgIpc) is 2.62. The van der Waals surface area contributed by atoms with Crippen LogP contribution in [0.1, 0.15) is 39.5 Å². The number of rotatable bonds is 2. The van der Waals surface area contributed by atoms with Crippen molar-refractivity contribution >= 4 is 5.97 Å². The number of likely N-dealkylation sites (tertiary alicyclic amines) is 1. The Hall–Kier alpha value is -0.610. The van der Waals surface area contributed by atoms with Gasteiger partial charge < -0.3 is 10.8 Å². The molecule has 4 nitrogen and oxygen atoms in total. The van der Waals surface area contributed by atoms with Crippen molar-refractivity contribution in [1.82, 2.24) is 4.90 Å². The van der Waals surface area contributed by atoms with Crippen molar-refractivity contribution in [2.75, 3.05) is 13.1 Å². The normalized spacial score (nSPS) is 43.8. The second-order valence-corrected chi connectivity index (χ2v) is 6.14. The van der Waals surface area contributed by atoms with E-state index in [1.54, 1.807) is 0 Å². The molecule has 3 N–H and O–H groups in total. The van der Waals surface area contributed by atoms with Crippen molar-refractivity contribution in [2.24, 2.45) is 17.6 Å². The van der Waals surface area contributed by atoms with E-state index in [1.165, 1.54) is 19.3 Å². The van der Waals surface area contributed by atoms with E-state index in [-0.39, 0.29) is 0 Å². The van der Waals surface area contributed by atoms with Crippen LogP contribution in [0.15, 0.2) is 0 Å². The monoisotopic (exact) mass is 240 g/mol. The first kappa shape index (κ1) is 12.8. The summed E-state index contributed by atoms with van der Waals surface area (Å²) in [6.45, 7) is 5.96. The fourth-order valence-electron chi connectivity index (χ4n) is 3.51. The number of hydrogen-bond acceptors (Lipinski definition) is 3. The van der Waals surface area contributed by atoms with Crippen LogP contribution < -0.4 is 5.73 Å². The molecule has 98 valence electrons. The van der Waals surface area contributed by atoms with E-state index in [0.717, 1.165) is 12.5 Å². The molecule has 2 aliphatic rings. The number of carboxylic acids is 1. The van der Waals surface area contributed by atoms with Crippen molar-refractivity contribution < 1.29 is 9.90 Å². The fraction of sp³-hybridized carbons (Fsp3) is 0.923. The Labute approximate surface area is 103 Å². The molecule has 1 saturated carbocycles. The molecule has 4 atom stereocenters. The van der Waals surface area contributed by atoms with Crippen LogP contribution >= 0.6 is 0 Å². The second kappa shape index (κ2) is 4.58. The Kier molecular flexibility index (Phi) is 3.46. The molecule has 0 radical (unpaired) electrons. The third-order valence-electron chi connectivity index (χ3n) is 4.61. The molecule has 0 aromatic carbocycles. The molecule has 1 aliphatic heterocycles. The standard InChI is InChI=1S/C13H24N2O2/c1-9-3-4-11(10(2)7-9)15-6-5-13(14,8-15)12(16)17/h9-11H,3-8,14H2,1-2H3,(H,16,17). The number of nitrogens with zero attached hydrogens (tertiary/aromatic N) is 1. The molecule has 0 aromatic heterocycles. The molecule has 1 saturated heterocycles. The summed E-state index contributed by atoms with van der Waals surface area (Å²) >= 11 is 0. The van der Waals surface area contributed by atoms with E-state index < -0.39 is 11.5 Å². The number of hydrogen-bond donors (Lipinski definition) is 2. The Morgan fingerprint density at radius 1 is 1.41 bits per heavy atom. The number of aliphatic carboxylic acids is 1. The lowest BCUT2D eigenvalue weighted by atomic mass is 9.79. The lowest BCUT2D eigenvalue weighted by Crippen LogP contribution is -2.52. The van der Waals surface area contributed by atoms with E-state index >= 15 is 0 Å². The molecular weight excluding hydrogens is 216 g/mol. The van der Waals surface area contributed by atoms with Gasteiger partial charge >= 0.3 is 5.97 Å². The van der Waals surface area contributed by atoms with E-state index in [1.807, 2.05) is 0 Å². The lowest BCUT2D eigenvalue weighted by molar-refractivity contribution is -0.142. The van der Waals surface area contributed by atoms with E-state index in [9.17, 15) is 4.79 Å². The van der Waals surface area contributed by atoms with E-state index in [2.05, 4.69) is 18.7 Å².